The molecule has 4 heteroatoms. The van der Waals surface area contributed by atoms with Crippen LogP contribution in [0.5, 0.6) is 0 Å². The van der Waals surface area contributed by atoms with Crippen LogP contribution in [-0.4, -0.2) is 14.5 Å². The van der Waals surface area contributed by atoms with Crippen molar-refractivity contribution in [3.8, 4) is 11.4 Å². The lowest BCUT2D eigenvalue weighted by Gasteiger charge is -2.23. The standard InChI is InChI=1S/C15H17N3S/c1-10-17-12-9-11(5-6-13(12)19-10)14-16-7-8-18(14)15(2,3)4/h5-9H,1-4H3. The summed E-state index contributed by atoms with van der Waals surface area (Å²) in [4.78, 5) is 9.06. The van der Waals surface area contributed by atoms with E-state index in [1.54, 1.807) is 11.3 Å². The Morgan fingerprint density at radius 2 is 2.00 bits per heavy atom. The molecule has 0 aliphatic carbocycles. The second kappa shape index (κ2) is 4.17. The average molecular weight is 271 g/mol. The third kappa shape index (κ3) is 2.16. The number of hydrogen-bond donors (Lipinski definition) is 0. The van der Waals surface area contributed by atoms with Crippen molar-refractivity contribution >= 4 is 21.6 Å². The van der Waals surface area contributed by atoms with Gasteiger partial charge in [-0.25, -0.2) is 9.97 Å². The van der Waals surface area contributed by atoms with Gasteiger partial charge in [0.15, 0.2) is 0 Å². The van der Waals surface area contributed by atoms with Crippen LogP contribution >= 0.6 is 11.3 Å². The van der Waals surface area contributed by atoms with Crippen LogP contribution in [0.25, 0.3) is 21.6 Å². The summed E-state index contributed by atoms with van der Waals surface area (Å²) in [5, 5.41) is 1.10. The van der Waals surface area contributed by atoms with Crippen molar-refractivity contribution in [2.45, 2.75) is 33.2 Å². The van der Waals surface area contributed by atoms with Gasteiger partial charge in [-0.2, -0.15) is 0 Å². The highest BCUT2D eigenvalue weighted by atomic mass is 32.1. The molecule has 19 heavy (non-hydrogen) atoms. The Labute approximate surface area is 116 Å². The number of benzene rings is 1. The zero-order valence-electron chi connectivity index (χ0n) is 11.6. The molecule has 0 saturated carbocycles. The van der Waals surface area contributed by atoms with Crippen LogP contribution in [-0.2, 0) is 5.54 Å². The van der Waals surface area contributed by atoms with E-state index in [-0.39, 0.29) is 5.54 Å². The molecule has 0 fully saturated rings. The first-order valence-electron chi connectivity index (χ1n) is 6.36. The first-order valence-corrected chi connectivity index (χ1v) is 7.18. The summed E-state index contributed by atoms with van der Waals surface area (Å²) >= 11 is 1.73. The molecule has 98 valence electrons. The number of aromatic nitrogens is 3. The van der Waals surface area contributed by atoms with Crippen molar-refractivity contribution in [2.24, 2.45) is 0 Å². The maximum Gasteiger partial charge on any atom is 0.140 e. The zero-order valence-corrected chi connectivity index (χ0v) is 12.5. The molecule has 0 saturated heterocycles. The summed E-state index contributed by atoms with van der Waals surface area (Å²) in [6, 6.07) is 6.39. The lowest BCUT2D eigenvalue weighted by atomic mass is 10.1. The second-order valence-electron chi connectivity index (χ2n) is 5.71. The third-order valence-electron chi connectivity index (χ3n) is 3.12. The van der Waals surface area contributed by atoms with Gasteiger partial charge in [0.1, 0.15) is 5.82 Å². The fourth-order valence-corrected chi connectivity index (χ4v) is 3.05. The molecule has 0 unspecified atom stereocenters. The fourth-order valence-electron chi connectivity index (χ4n) is 2.24. The number of rotatable bonds is 1. The molecule has 3 rings (SSSR count). The van der Waals surface area contributed by atoms with Gasteiger partial charge in [0, 0.05) is 23.5 Å². The van der Waals surface area contributed by atoms with E-state index in [2.05, 4.69) is 53.5 Å². The normalized spacial score (nSPS) is 12.2. The quantitative estimate of drug-likeness (QED) is 0.663. The SMILES string of the molecule is Cc1nc2cc(-c3nccn3C(C)(C)C)ccc2s1. The molecule has 0 spiro atoms. The average Bonchev–Trinajstić information content (AvgIpc) is 2.90. The Hall–Kier alpha value is -1.68. The van der Waals surface area contributed by atoms with Crippen LogP contribution in [0.3, 0.4) is 0 Å². The number of nitrogens with zero attached hydrogens (tertiary/aromatic N) is 3. The van der Waals surface area contributed by atoms with E-state index in [1.165, 1.54) is 4.70 Å². The van der Waals surface area contributed by atoms with E-state index in [1.807, 2.05) is 19.3 Å². The van der Waals surface area contributed by atoms with Crippen molar-refractivity contribution in [2.75, 3.05) is 0 Å². The Morgan fingerprint density at radius 3 is 2.74 bits per heavy atom. The molecule has 0 atom stereocenters. The third-order valence-corrected chi connectivity index (χ3v) is 4.07. The molecular formula is C15H17N3S. The predicted octanol–water partition coefficient (Wildman–Crippen LogP) is 4.22. The van der Waals surface area contributed by atoms with Gasteiger partial charge in [0.2, 0.25) is 0 Å². The van der Waals surface area contributed by atoms with E-state index >= 15 is 0 Å². The highest BCUT2D eigenvalue weighted by Crippen LogP contribution is 2.29. The van der Waals surface area contributed by atoms with Crippen molar-refractivity contribution in [3.05, 3.63) is 35.6 Å². The molecule has 0 bridgehead atoms. The largest absolute Gasteiger partial charge is 0.326 e. The Bertz CT molecular complexity index is 731. The van der Waals surface area contributed by atoms with Gasteiger partial charge < -0.3 is 4.57 Å². The number of aryl methyl sites for hydroxylation is 1. The van der Waals surface area contributed by atoms with E-state index in [9.17, 15) is 0 Å². The van der Waals surface area contributed by atoms with Gasteiger partial charge in [-0.1, -0.05) is 0 Å². The van der Waals surface area contributed by atoms with Crippen molar-refractivity contribution in [3.63, 3.8) is 0 Å². The summed E-state index contributed by atoms with van der Waals surface area (Å²) in [6.45, 7) is 8.59. The first-order chi connectivity index (χ1) is 8.95. The molecule has 0 radical (unpaired) electrons. The summed E-state index contributed by atoms with van der Waals surface area (Å²) in [7, 11) is 0. The van der Waals surface area contributed by atoms with Crippen LogP contribution in [0, 0.1) is 6.92 Å². The highest BCUT2D eigenvalue weighted by molar-refractivity contribution is 7.18. The Morgan fingerprint density at radius 1 is 1.21 bits per heavy atom. The zero-order chi connectivity index (χ0) is 13.6. The molecule has 0 aliphatic rings. The van der Waals surface area contributed by atoms with Gasteiger partial charge in [-0.3, -0.25) is 0 Å². The van der Waals surface area contributed by atoms with Crippen LogP contribution in [0.1, 0.15) is 25.8 Å². The molecule has 1 aromatic carbocycles. The maximum atomic E-state index is 4.56. The van der Waals surface area contributed by atoms with Gasteiger partial charge in [-0.05, 0) is 45.9 Å². The van der Waals surface area contributed by atoms with E-state index in [0.717, 1.165) is 21.9 Å². The van der Waals surface area contributed by atoms with Gasteiger partial charge in [0.25, 0.3) is 0 Å². The molecule has 3 aromatic rings. The molecule has 3 nitrogen and oxygen atoms in total. The minimum atomic E-state index is 0.0266. The van der Waals surface area contributed by atoms with E-state index < -0.39 is 0 Å². The lowest BCUT2D eigenvalue weighted by Crippen LogP contribution is -2.21. The van der Waals surface area contributed by atoms with Crippen LogP contribution in [0.15, 0.2) is 30.6 Å². The number of thiazole rings is 1. The van der Waals surface area contributed by atoms with Crippen molar-refractivity contribution in [1.29, 1.82) is 0 Å². The fraction of sp³-hybridized carbons (Fsp3) is 0.333. The molecule has 0 aliphatic heterocycles. The van der Waals surface area contributed by atoms with E-state index in [4.69, 9.17) is 0 Å². The van der Waals surface area contributed by atoms with Crippen LogP contribution < -0.4 is 0 Å². The minimum Gasteiger partial charge on any atom is -0.326 e. The monoisotopic (exact) mass is 271 g/mol. The first kappa shape index (κ1) is 12.4. The summed E-state index contributed by atoms with van der Waals surface area (Å²) in [6.07, 6.45) is 3.89. The van der Waals surface area contributed by atoms with Crippen molar-refractivity contribution < 1.29 is 0 Å². The minimum absolute atomic E-state index is 0.0266. The summed E-state index contributed by atoms with van der Waals surface area (Å²) in [5.41, 5.74) is 2.21. The summed E-state index contributed by atoms with van der Waals surface area (Å²) < 4.78 is 3.43. The highest BCUT2D eigenvalue weighted by Gasteiger charge is 2.18. The molecular weight excluding hydrogens is 254 g/mol. The number of fused-ring (bicyclic) bond motifs is 1. The number of hydrogen-bond acceptors (Lipinski definition) is 3. The van der Waals surface area contributed by atoms with Crippen LogP contribution in [0.2, 0.25) is 0 Å². The van der Waals surface area contributed by atoms with Gasteiger partial charge in [0.05, 0.1) is 15.2 Å². The molecule has 0 amide bonds. The second-order valence-corrected chi connectivity index (χ2v) is 6.94. The molecule has 0 N–H and O–H groups in total. The topological polar surface area (TPSA) is 30.7 Å². The van der Waals surface area contributed by atoms with Crippen LogP contribution in [0.4, 0.5) is 0 Å². The lowest BCUT2D eigenvalue weighted by molar-refractivity contribution is 0.401. The van der Waals surface area contributed by atoms with Crippen molar-refractivity contribution in [1.82, 2.24) is 14.5 Å². The molecule has 2 aromatic heterocycles. The Kier molecular flexibility index (Phi) is 2.71. The van der Waals surface area contributed by atoms with E-state index in [0.29, 0.717) is 0 Å². The maximum absolute atomic E-state index is 4.56. The Balaban J connectivity index is 2.16. The van der Waals surface area contributed by atoms with Gasteiger partial charge in [-0.15, -0.1) is 11.3 Å². The smallest absolute Gasteiger partial charge is 0.140 e. The number of imidazole rings is 1. The molecule has 2 heterocycles. The summed E-state index contributed by atoms with van der Waals surface area (Å²) in [5.74, 6) is 1.00. The predicted molar refractivity (Wildman–Crippen MR) is 80.6 cm³/mol. The van der Waals surface area contributed by atoms with Gasteiger partial charge >= 0.3 is 0 Å².